The van der Waals surface area contributed by atoms with Gasteiger partial charge in [-0.2, -0.15) is 0 Å². The van der Waals surface area contributed by atoms with Gasteiger partial charge in [0.25, 0.3) is 0 Å². The number of nitrogens with one attached hydrogen (secondary N) is 2. The molecule has 0 radical (unpaired) electrons. The number of anilines is 1. The van der Waals surface area contributed by atoms with Gasteiger partial charge in [0.15, 0.2) is 0 Å². The van der Waals surface area contributed by atoms with Crippen LogP contribution in [-0.2, 0) is 25.7 Å². The normalized spacial score (nSPS) is 29.5. The van der Waals surface area contributed by atoms with E-state index in [1.165, 1.54) is 17.0 Å². The smallest absolute Gasteiger partial charge is 0.246 e. The van der Waals surface area contributed by atoms with Crippen LogP contribution in [0, 0.1) is 17.7 Å². The second kappa shape index (κ2) is 10.4. The molecule has 1 saturated carbocycles. The molecule has 1 spiro atoms. The Morgan fingerprint density at radius 3 is 2.62 bits per heavy atom. The molecule has 3 aliphatic heterocycles. The third-order valence-corrected chi connectivity index (χ3v) is 9.21. The first-order chi connectivity index (χ1) is 18.9. The molecule has 4 aliphatic rings. The van der Waals surface area contributed by atoms with Crippen molar-refractivity contribution < 1.29 is 23.5 Å². The number of rotatable bonds is 7. The first-order valence-corrected chi connectivity index (χ1v) is 14.8. The van der Waals surface area contributed by atoms with Crippen molar-refractivity contribution >= 4 is 35.2 Å². The summed E-state index contributed by atoms with van der Waals surface area (Å²) in [7, 11) is 0. The number of ether oxygens (including phenoxy) is 1. The number of hydrogen-bond acceptors (Lipinski definition) is 5. The number of carbonyl (C=O) groups excluding carboxylic acids is 3. The zero-order valence-corrected chi connectivity index (χ0v) is 22.6. The van der Waals surface area contributed by atoms with Gasteiger partial charge in [0.1, 0.15) is 17.5 Å². The second-order valence-electron chi connectivity index (χ2n) is 10.9. The molecular formula is C30H32FN3O4S. The van der Waals surface area contributed by atoms with Gasteiger partial charge < -0.3 is 20.3 Å². The molecule has 2 aromatic carbocycles. The number of hydrogen-bond donors (Lipinski definition) is 2. The number of likely N-dealkylation sites (tertiary alicyclic amines) is 1. The molecule has 204 valence electrons. The van der Waals surface area contributed by atoms with E-state index >= 15 is 0 Å². The fraction of sp³-hybridized carbons (Fsp3) is 0.433. The van der Waals surface area contributed by atoms with Gasteiger partial charge in [-0.1, -0.05) is 49.6 Å². The van der Waals surface area contributed by atoms with Crippen LogP contribution in [0.25, 0.3) is 0 Å². The summed E-state index contributed by atoms with van der Waals surface area (Å²) in [6.45, 7) is 0.117. The van der Waals surface area contributed by atoms with Gasteiger partial charge in [-0.25, -0.2) is 4.39 Å². The van der Waals surface area contributed by atoms with Crippen LogP contribution in [0.15, 0.2) is 65.6 Å². The minimum Gasteiger partial charge on any atom is -0.359 e. The van der Waals surface area contributed by atoms with Crippen molar-refractivity contribution in [3.8, 4) is 0 Å². The van der Waals surface area contributed by atoms with E-state index < -0.39 is 29.6 Å². The van der Waals surface area contributed by atoms with Crippen LogP contribution in [0.3, 0.4) is 0 Å². The number of thioether (sulfide) groups is 1. The molecule has 1 aliphatic carbocycles. The van der Waals surface area contributed by atoms with E-state index in [1.807, 2.05) is 42.7 Å². The zero-order chi connectivity index (χ0) is 27.1. The van der Waals surface area contributed by atoms with Crippen LogP contribution in [-0.4, -0.2) is 52.7 Å². The zero-order valence-electron chi connectivity index (χ0n) is 21.8. The SMILES string of the molecule is CSc1cccc(NC(=O)[C@H]2[C@@H]3C=C[C@]4(O3)[C@@H]2C(=O)N(Cc2ccc(F)cc2)[C@@H]4C(=O)NC2CCCCC2)c1. The first kappa shape index (κ1) is 26.1. The standard InChI is InChI=1S/C30H32FN3O4S/c1-39-22-9-5-8-21(16-22)33-27(35)24-23-14-15-30(38-23)25(24)29(37)34(17-18-10-12-19(31)13-11-18)26(30)28(36)32-20-6-3-2-4-7-20/h5,8-16,20,23-26H,2-4,6-7,17H2,1H3,(H,32,36)(H,33,35)/t23-,24-,25-,26+,30-/m0/s1. The van der Waals surface area contributed by atoms with Crippen molar-refractivity contribution in [3.05, 3.63) is 72.1 Å². The molecule has 7 nitrogen and oxygen atoms in total. The molecule has 0 aromatic heterocycles. The van der Waals surface area contributed by atoms with Gasteiger partial charge in [0.2, 0.25) is 17.7 Å². The average molecular weight is 550 g/mol. The quantitative estimate of drug-likeness (QED) is 0.398. The van der Waals surface area contributed by atoms with Gasteiger partial charge in [-0.15, -0.1) is 11.8 Å². The predicted octanol–water partition coefficient (Wildman–Crippen LogP) is 4.29. The lowest BCUT2D eigenvalue weighted by atomic mass is 9.74. The Bertz CT molecular complexity index is 1310. The van der Waals surface area contributed by atoms with Crippen LogP contribution in [0.4, 0.5) is 10.1 Å². The molecule has 3 fully saturated rings. The monoisotopic (exact) mass is 549 g/mol. The van der Waals surface area contributed by atoms with Crippen molar-refractivity contribution in [1.82, 2.24) is 10.2 Å². The maximum Gasteiger partial charge on any atom is 0.246 e. The Morgan fingerprint density at radius 1 is 1.10 bits per heavy atom. The van der Waals surface area contributed by atoms with Gasteiger partial charge >= 0.3 is 0 Å². The maximum atomic E-state index is 14.1. The predicted molar refractivity (Wildman–Crippen MR) is 146 cm³/mol. The first-order valence-electron chi connectivity index (χ1n) is 13.6. The minimum atomic E-state index is -1.23. The molecule has 9 heteroatoms. The molecule has 3 heterocycles. The number of carbonyl (C=O) groups is 3. The number of benzene rings is 2. The minimum absolute atomic E-state index is 0.0508. The number of fused-ring (bicyclic) bond motifs is 1. The van der Waals surface area contributed by atoms with Crippen molar-refractivity contribution in [2.24, 2.45) is 11.8 Å². The van der Waals surface area contributed by atoms with E-state index in [9.17, 15) is 18.8 Å². The van der Waals surface area contributed by atoms with Crippen LogP contribution in [0.1, 0.15) is 37.7 Å². The molecule has 0 unspecified atom stereocenters. The lowest BCUT2D eigenvalue weighted by Gasteiger charge is -2.34. The highest BCUT2D eigenvalue weighted by Crippen LogP contribution is 2.55. The molecule has 2 N–H and O–H groups in total. The maximum absolute atomic E-state index is 14.1. The van der Waals surface area contributed by atoms with E-state index in [0.29, 0.717) is 11.3 Å². The lowest BCUT2D eigenvalue weighted by molar-refractivity contribution is -0.142. The van der Waals surface area contributed by atoms with E-state index in [0.717, 1.165) is 37.0 Å². The Morgan fingerprint density at radius 2 is 1.87 bits per heavy atom. The summed E-state index contributed by atoms with van der Waals surface area (Å²) in [4.78, 5) is 44.2. The van der Waals surface area contributed by atoms with E-state index in [-0.39, 0.29) is 36.1 Å². The van der Waals surface area contributed by atoms with E-state index in [4.69, 9.17) is 4.74 Å². The number of nitrogens with zero attached hydrogens (tertiary/aromatic N) is 1. The van der Waals surface area contributed by atoms with Crippen molar-refractivity contribution in [1.29, 1.82) is 0 Å². The average Bonchev–Trinajstić information content (AvgIpc) is 3.58. The van der Waals surface area contributed by atoms with Crippen LogP contribution in [0.5, 0.6) is 0 Å². The Hall–Kier alpha value is -3.17. The Kier molecular flexibility index (Phi) is 6.97. The summed E-state index contributed by atoms with van der Waals surface area (Å²) in [5.41, 5.74) is 0.113. The van der Waals surface area contributed by atoms with Crippen LogP contribution >= 0.6 is 11.8 Å². The summed E-state index contributed by atoms with van der Waals surface area (Å²) in [5, 5.41) is 6.16. The lowest BCUT2D eigenvalue weighted by Crippen LogP contribution is -2.56. The van der Waals surface area contributed by atoms with Crippen LogP contribution in [0.2, 0.25) is 0 Å². The number of halogens is 1. The van der Waals surface area contributed by atoms with E-state index in [1.54, 1.807) is 23.9 Å². The summed E-state index contributed by atoms with van der Waals surface area (Å²) < 4.78 is 20.0. The highest BCUT2D eigenvalue weighted by atomic mass is 32.2. The molecule has 2 saturated heterocycles. The van der Waals surface area contributed by atoms with Gasteiger partial charge in [-0.3, -0.25) is 14.4 Å². The summed E-state index contributed by atoms with van der Waals surface area (Å²) in [5.74, 6) is -2.85. The highest BCUT2D eigenvalue weighted by molar-refractivity contribution is 7.98. The largest absolute Gasteiger partial charge is 0.359 e. The van der Waals surface area contributed by atoms with Gasteiger partial charge in [0, 0.05) is 23.2 Å². The molecule has 6 rings (SSSR count). The van der Waals surface area contributed by atoms with Gasteiger partial charge in [-0.05, 0) is 55.0 Å². The molecule has 39 heavy (non-hydrogen) atoms. The van der Waals surface area contributed by atoms with Crippen molar-refractivity contribution in [2.45, 2.75) is 67.3 Å². The molecule has 5 atom stereocenters. The van der Waals surface area contributed by atoms with Gasteiger partial charge in [0.05, 0.1) is 17.9 Å². The second-order valence-corrected chi connectivity index (χ2v) is 11.7. The molecule has 3 amide bonds. The topological polar surface area (TPSA) is 87.7 Å². The molecule has 2 aromatic rings. The third kappa shape index (κ3) is 4.65. The Balaban J connectivity index is 1.32. The summed E-state index contributed by atoms with van der Waals surface area (Å²) in [6, 6.07) is 12.6. The fourth-order valence-electron chi connectivity index (χ4n) is 6.68. The molecule has 2 bridgehead atoms. The summed E-state index contributed by atoms with van der Waals surface area (Å²) >= 11 is 1.57. The van der Waals surface area contributed by atoms with Crippen molar-refractivity contribution in [2.75, 3.05) is 11.6 Å². The van der Waals surface area contributed by atoms with E-state index in [2.05, 4.69) is 10.6 Å². The molecular weight excluding hydrogens is 517 g/mol. The highest BCUT2D eigenvalue weighted by Gasteiger charge is 2.72. The third-order valence-electron chi connectivity index (χ3n) is 8.48. The van der Waals surface area contributed by atoms with Crippen molar-refractivity contribution in [3.63, 3.8) is 0 Å². The fourth-order valence-corrected chi connectivity index (χ4v) is 7.14. The van der Waals surface area contributed by atoms with Crippen LogP contribution < -0.4 is 10.6 Å². The summed E-state index contributed by atoms with van der Waals surface area (Å²) in [6.07, 6.45) is 10.1. The Labute approximate surface area is 231 Å². The number of amides is 3.